The smallest absolute Gasteiger partial charge is 0.0730 e. The lowest BCUT2D eigenvalue weighted by atomic mass is 9.94. The van der Waals surface area contributed by atoms with Crippen molar-refractivity contribution in [1.29, 1.82) is 0 Å². The third kappa shape index (κ3) is 3.97. The van der Waals surface area contributed by atoms with E-state index in [2.05, 4.69) is 43.5 Å². The zero-order valence-electron chi connectivity index (χ0n) is 12.4. The van der Waals surface area contributed by atoms with E-state index >= 15 is 0 Å². The number of benzene rings is 2. The van der Waals surface area contributed by atoms with Gasteiger partial charge in [0.2, 0.25) is 0 Å². The third-order valence-corrected chi connectivity index (χ3v) is 3.69. The SMILES string of the molecule is CC(C)Cc1cccc(C(NN)c2ccc(Cl)cc2N)c1. The van der Waals surface area contributed by atoms with Gasteiger partial charge < -0.3 is 5.73 Å². The highest BCUT2D eigenvalue weighted by molar-refractivity contribution is 6.30. The zero-order chi connectivity index (χ0) is 15.4. The molecule has 0 saturated heterocycles. The van der Waals surface area contributed by atoms with Crippen molar-refractivity contribution in [2.24, 2.45) is 11.8 Å². The number of nitrogens with two attached hydrogens (primary N) is 2. The molecule has 5 N–H and O–H groups in total. The third-order valence-electron chi connectivity index (χ3n) is 3.45. The van der Waals surface area contributed by atoms with Crippen LogP contribution < -0.4 is 17.0 Å². The van der Waals surface area contributed by atoms with Crippen LogP contribution >= 0.6 is 11.6 Å². The van der Waals surface area contributed by atoms with Gasteiger partial charge in [-0.1, -0.05) is 55.8 Å². The molecule has 0 aliphatic heterocycles. The van der Waals surface area contributed by atoms with E-state index in [9.17, 15) is 0 Å². The molecule has 2 rings (SSSR count). The first-order valence-electron chi connectivity index (χ1n) is 7.11. The number of anilines is 1. The topological polar surface area (TPSA) is 64.1 Å². The molecular weight excluding hydrogens is 282 g/mol. The van der Waals surface area contributed by atoms with Crippen LogP contribution in [-0.2, 0) is 6.42 Å². The molecule has 4 heteroatoms. The quantitative estimate of drug-likeness (QED) is 0.448. The molecule has 1 unspecified atom stereocenters. The lowest BCUT2D eigenvalue weighted by molar-refractivity contribution is 0.629. The van der Waals surface area contributed by atoms with Crippen molar-refractivity contribution in [2.45, 2.75) is 26.3 Å². The standard InChI is InChI=1S/C17H22ClN3/c1-11(2)8-12-4-3-5-13(9-12)17(21-20)15-7-6-14(18)10-16(15)19/h3-7,9-11,17,21H,8,19-20H2,1-2H3. The van der Waals surface area contributed by atoms with Crippen LogP contribution in [0.3, 0.4) is 0 Å². The summed E-state index contributed by atoms with van der Waals surface area (Å²) in [6, 6.07) is 13.8. The molecule has 2 aromatic rings. The Morgan fingerprint density at radius 2 is 1.90 bits per heavy atom. The molecule has 0 spiro atoms. The highest BCUT2D eigenvalue weighted by atomic mass is 35.5. The maximum absolute atomic E-state index is 6.07. The van der Waals surface area contributed by atoms with Gasteiger partial charge in [0.25, 0.3) is 0 Å². The van der Waals surface area contributed by atoms with Crippen LogP contribution in [0.25, 0.3) is 0 Å². The molecule has 3 nitrogen and oxygen atoms in total. The second-order valence-corrected chi connectivity index (χ2v) is 6.15. The van der Waals surface area contributed by atoms with Crippen molar-refractivity contribution in [2.75, 3.05) is 5.73 Å². The monoisotopic (exact) mass is 303 g/mol. The molecule has 0 bridgehead atoms. The first-order valence-corrected chi connectivity index (χ1v) is 7.49. The Balaban J connectivity index is 2.37. The van der Waals surface area contributed by atoms with E-state index in [4.69, 9.17) is 23.2 Å². The highest BCUT2D eigenvalue weighted by Crippen LogP contribution is 2.29. The number of hydrogen-bond acceptors (Lipinski definition) is 3. The van der Waals surface area contributed by atoms with Crippen LogP contribution in [0.1, 0.15) is 36.6 Å². The van der Waals surface area contributed by atoms with E-state index in [0.717, 1.165) is 17.5 Å². The second kappa shape index (κ2) is 6.94. The molecule has 0 aromatic heterocycles. The van der Waals surface area contributed by atoms with Crippen LogP contribution in [0.4, 0.5) is 5.69 Å². The molecule has 2 aromatic carbocycles. The molecule has 0 radical (unpaired) electrons. The summed E-state index contributed by atoms with van der Waals surface area (Å²) in [6.07, 6.45) is 1.04. The average molecular weight is 304 g/mol. The van der Waals surface area contributed by atoms with E-state index in [1.807, 2.05) is 12.1 Å². The number of hydrogen-bond donors (Lipinski definition) is 3. The Morgan fingerprint density at radius 3 is 2.52 bits per heavy atom. The Labute approximate surface area is 131 Å². The van der Waals surface area contributed by atoms with Crippen LogP contribution in [0.15, 0.2) is 42.5 Å². The zero-order valence-corrected chi connectivity index (χ0v) is 13.2. The van der Waals surface area contributed by atoms with Crippen LogP contribution in [0.2, 0.25) is 5.02 Å². The van der Waals surface area contributed by atoms with Gasteiger partial charge in [0, 0.05) is 10.7 Å². The molecule has 0 heterocycles. The molecule has 0 fully saturated rings. The van der Waals surface area contributed by atoms with Gasteiger partial charge in [0.05, 0.1) is 6.04 Å². The Morgan fingerprint density at radius 1 is 1.14 bits per heavy atom. The molecule has 0 aliphatic rings. The van der Waals surface area contributed by atoms with Crippen molar-refractivity contribution in [3.05, 3.63) is 64.2 Å². The minimum atomic E-state index is -0.144. The summed E-state index contributed by atoms with van der Waals surface area (Å²) in [6.45, 7) is 4.42. The fourth-order valence-corrected chi connectivity index (χ4v) is 2.73. The van der Waals surface area contributed by atoms with E-state index in [-0.39, 0.29) is 6.04 Å². The largest absolute Gasteiger partial charge is 0.398 e. The Kier molecular flexibility index (Phi) is 5.23. The number of halogens is 1. The summed E-state index contributed by atoms with van der Waals surface area (Å²) >= 11 is 5.96. The molecule has 0 aliphatic carbocycles. The van der Waals surface area contributed by atoms with Gasteiger partial charge >= 0.3 is 0 Å². The number of nitrogen functional groups attached to an aromatic ring is 1. The van der Waals surface area contributed by atoms with Crippen molar-refractivity contribution < 1.29 is 0 Å². The Bertz CT molecular complexity index is 611. The fourth-order valence-electron chi connectivity index (χ4n) is 2.55. The molecule has 0 saturated carbocycles. The van der Waals surface area contributed by atoms with Crippen LogP contribution in [-0.4, -0.2) is 0 Å². The molecule has 112 valence electrons. The minimum Gasteiger partial charge on any atom is -0.398 e. The lowest BCUT2D eigenvalue weighted by Gasteiger charge is -2.20. The fraction of sp³-hybridized carbons (Fsp3) is 0.294. The predicted octanol–water partition coefficient (Wildman–Crippen LogP) is 3.67. The maximum atomic E-state index is 6.07. The summed E-state index contributed by atoms with van der Waals surface area (Å²) in [4.78, 5) is 0. The molecular formula is C17H22ClN3. The molecule has 21 heavy (non-hydrogen) atoms. The van der Waals surface area contributed by atoms with Gasteiger partial charge in [-0.05, 0) is 41.2 Å². The van der Waals surface area contributed by atoms with Gasteiger partial charge in [-0.2, -0.15) is 0 Å². The lowest BCUT2D eigenvalue weighted by Crippen LogP contribution is -2.29. The number of hydrazine groups is 1. The van der Waals surface area contributed by atoms with Crippen molar-refractivity contribution in [3.8, 4) is 0 Å². The summed E-state index contributed by atoms with van der Waals surface area (Å²) < 4.78 is 0. The minimum absolute atomic E-state index is 0.144. The first-order chi connectivity index (χ1) is 10.0. The predicted molar refractivity (Wildman–Crippen MR) is 90.0 cm³/mol. The van der Waals surface area contributed by atoms with Crippen LogP contribution in [0.5, 0.6) is 0 Å². The van der Waals surface area contributed by atoms with Gasteiger partial charge in [0.15, 0.2) is 0 Å². The Hall–Kier alpha value is -1.55. The summed E-state index contributed by atoms with van der Waals surface area (Å²) in [7, 11) is 0. The van der Waals surface area contributed by atoms with Gasteiger partial charge in [-0.15, -0.1) is 0 Å². The van der Waals surface area contributed by atoms with E-state index < -0.39 is 0 Å². The van der Waals surface area contributed by atoms with Crippen LogP contribution in [0, 0.1) is 5.92 Å². The number of rotatable bonds is 5. The van der Waals surface area contributed by atoms with Gasteiger partial charge in [0.1, 0.15) is 0 Å². The van der Waals surface area contributed by atoms with Crippen molar-refractivity contribution in [3.63, 3.8) is 0 Å². The summed E-state index contributed by atoms with van der Waals surface area (Å²) in [5.41, 5.74) is 12.9. The second-order valence-electron chi connectivity index (χ2n) is 5.72. The van der Waals surface area contributed by atoms with Crippen molar-refractivity contribution in [1.82, 2.24) is 5.43 Å². The molecule has 0 amide bonds. The summed E-state index contributed by atoms with van der Waals surface area (Å²) in [5, 5.41) is 0.626. The summed E-state index contributed by atoms with van der Waals surface area (Å²) in [5.74, 6) is 6.37. The molecule has 1 atom stereocenters. The highest BCUT2D eigenvalue weighted by Gasteiger charge is 2.16. The van der Waals surface area contributed by atoms with E-state index in [1.54, 1.807) is 6.07 Å². The van der Waals surface area contributed by atoms with Crippen molar-refractivity contribution >= 4 is 17.3 Å². The number of nitrogens with one attached hydrogen (secondary N) is 1. The average Bonchev–Trinajstić information content (AvgIpc) is 2.41. The van der Waals surface area contributed by atoms with E-state index in [1.165, 1.54) is 5.56 Å². The van der Waals surface area contributed by atoms with Gasteiger partial charge in [-0.3, -0.25) is 5.84 Å². The van der Waals surface area contributed by atoms with E-state index in [0.29, 0.717) is 16.6 Å². The maximum Gasteiger partial charge on any atom is 0.0730 e. The normalized spacial score (nSPS) is 12.6. The van der Waals surface area contributed by atoms with Gasteiger partial charge in [-0.25, -0.2) is 5.43 Å². The first kappa shape index (κ1) is 15.8.